The van der Waals surface area contributed by atoms with E-state index in [1.54, 1.807) is 66.7 Å². The Hall–Kier alpha value is -5.98. The maximum atomic E-state index is 12.6. The fourth-order valence-corrected chi connectivity index (χ4v) is 7.80. The lowest BCUT2D eigenvalue weighted by Gasteiger charge is -2.13. The molecule has 0 aliphatic heterocycles. The Morgan fingerprint density at radius 3 is 1.84 bits per heavy atom. The van der Waals surface area contributed by atoms with Crippen LogP contribution in [0.1, 0.15) is 169 Å². The Morgan fingerprint density at radius 1 is 0.681 bits per heavy atom. The molecule has 0 saturated carbocycles. The molecule has 4 aromatic carbocycles. The molecule has 1 atom stereocenters. The molecule has 0 heterocycles. The number of rotatable bonds is 31. The van der Waals surface area contributed by atoms with E-state index < -0.39 is 24.5 Å². The minimum Gasteiger partial charge on any atom is -0.493 e. The number of nitrogens with two attached hydrogens (primary N) is 4. The number of alkyl halides is 3. The summed E-state index contributed by atoms with van der Waals surface area (Å²) in [6.07, 6.45) is 22.4. The third-order valence-electron chi connectivity index (χ3n) is 11.7. The van der Waals surface area contributed by atoms with Crippen LogP contribution in [0.15, 0.2) is 91.0 Å². The SMILES string of the molecule is CCCCCCCCCCCCCCCCCCC(C)CC(=N)c1cc(N)cc(N)c1.Nc1ccc(CCOC(=O)C=Cc2ccc(OC(=O)c3ccccc3OCCCC(F)(F)F)cc2)c(N)c1. The van der Waals surface area contributed by atoms with Crippen LogP contribution in [-0.2, 0) is 16.0 Å². The Balaban J connectivity index is 0.000000374. The summed E-state index contributed by atoms with van der Waals surface area (Å²) in [5, 5.41) is 8.34. The predicted molar refractivity (Wildman–Crippen MR) is 278 cm³/mol. The highest BCUT2D eigenvalue weighted by atomic mass is 19.4. The van der Waals surface area contributed by atoms with Gasteiger partial charge in [0.1, 0.15) is 17.1 Å². The number of anilines is 4. The average Bonchev–Trinajstić information content (AvgIpc) is 3.30. The van der Waals surface area contributed by atoms with Gasteiger partial charge < -0.3 is 42.6 Å². The van der Waals surface area contributed by atoms with Crippen molar-refractivity contribution in [2.24, 2.45) is 5.92 Å². The number of para-hydroxylation sites is 1. The fourth-order valence-electron chi connectivity index (χ4n) is 7.80. The topological polar surface area (TPSA) is 190 Å². The van der Waals surface area contributed by atoms with Crippen LogP contribution in [0.2, 0.25) is 0 Å². The van der Waals surface area contributed by atoms with Crippen molar-refractivity contribution >= 4 is 46.5 Å². The molecular weight excluding hydrogens is 880 g/mol. The predicted octanol–water partition coefficient (Wildman–Crippen LogP) is 14.5. The van der Waals surface area contributed by atoms with Gasteiger partial charge >= 0.3 is 18.1 Å². The van der Waals surface area contributed by atoms with Crippen LogP contribution in [0.25, 0.3) is 6.08 Å². The number of ether oxygens (including phenoxy) is 3. The molecule has 0 radical (unpaired) electrons. The minimum atomic E-state index is -4.27. The van der Waals surface area contributed by atoms with Crippen LogP contribution < -0.4 is 32.4 Å². The Labute approximate surface area is 409 Å². The van der Waals surface area contributed by atoms with E-state index in [-0.39, 0.29) is 36.7 Å². The summed E-state index contributed by atoms with van der Waals surface area (Å²) < 4.78 is 52.9. The summed E-state index contributed by atoms with van der Waals surface area (Å²) in [6, 6.07) is 23.1. The number of hydrogen-bond donors (Lipinski definition) is 5. The molecule has 0 amide bonds. The van der Waals surface area contributed by atoms with Crippen LogP contribution >= 0.6 is 0 Å². The number of carbonyl (C=O) groups excluding carboxylic acids is 2. The second kappa shape index (κ2) is 32.7. The van der Waals surface area contributed by atoms with Crippen molar-refractivity contribution < 1.29 is 37.0 Å². The first-order valence-corrected chi connectivity index (χ1v) is 25.0. The number of esters is 2. The van der Waals surface area contributed by atoms with E-state index in [4.69, 9.17) is 42.6 Å². The lowest BCUT2D eigenvalue weighted by Crippen LogP contribution is -2.13. The lowest BCUT2D eigenvalue weighted by molar-refractivity contribution is -0.138. The van der Waals surface area contributed by atoms with Gasteiger partial charge in [-0.25, -0.2) is 9.59 Å². The van der Waals surface area contributed by atoms with Crippen molar-refractivity contribution in [3.8, 4) is 11.5 Å². The molecule has 4 aromatic rings. The minimum absolute atomic E-state index is 0.0898. The van der Waals surface area contributed by atoms with Crippen LogP contribution in [0.5, 0.6) is 11.5 Å². The Bertz CT molecular complexity index is 2120. The summed E-state index contributed by atoms with van der Waals surface area (Å²) >= 11 is 0. The van der Waals surface area contributed by atoms with Gasteiger partial charge in [0, 0.05) is 47.4 Å². The molecule has 0 fully saturated rings. The molecule has 0 aliphatic rings. The van der Waals surface area contributed by atoms with Gasteiger partial charge in [0.2, 0.25) is 0 Å². The molecule has 0 bridgehead atoms. The third kappa shape index (κ3) is 25.8. The highest BCUT2D eigenvalue weighted by Crippen LogP contribution is 2.25. The summed E-state index contributed by atoms with van der Waals surface area (Å²) in [5.41, 5.74) is 28.8. The Morgan fingerprint density at radius 2 is 1.26 bits per heavy atom. The molecule has 0 saturated heterocycles. The number of hydrogen-bond acceptors (Lipinski definition) is 10. The van der Waals surface area contributed by atoms with Gasteiger partial charge in [-0.05, 0) is 96.1 Å². The molecule has 9 N–H and O–H groups in total. The van der Waals surface area contributed by atoms with E-state index in [1.165, 1.54) is 127 Å². The quantitative estimate of drug-likeness (QED) is 0.00816. The van der Waals surface area contributed by atoms with Gasteiger partial charge in [-0.1, -0.05) is 153 Å². The molecule has 10 nitrogen and oxygen atoms in total. The normalized spacial score (nSPS) is 11.7. The number of benzene rings is 4. The van der Waals surface area contributed by atoms with Crippen molar-refractivity contribution in [2.45, 2.75) is 155 Å². The molecule has 0 aromatic heterocycles. The largest absolute Gasteiger partial charge is 0.493 e. The number of nitrogen functional groups attached to an aromatic ring is 4. The molecule has 0 aliphatic carbocycles. The van der Waals surface area contributed by atoms with Crippen molar-refractivity contribution in [3.05, 3.63) is 113 Å². The van der Waals surface area contributed by atoms with Gasteiger partial charge in [0.05, 0.1) is 13.2 Å². The van der Waals surface area contributed by atoms with Gasteiger partial charge in [-0.3, -0.25) is 0 Å². The molecular formula is C56H78F3N5O5. The van der Waals surface area contributed by atoms with Crippen molar-refractivity contribution in [2.75, 3.05) is 36.1 Å². The van der Waals surface area contributed by atoms with Crippen LogP contribution in [0, 0.1) is 11.3 Å². The summed E-state index contributed by atoms with van der Waals surface area (Å²) in [7, 11) is 0. The van der Waals surface area contributed by atoms with Gasteiger partial charge in [-0.15, -0.1) is 0 Å². The zero-order valence-corrected chi connectivity index (χ0v) is 41.1. The van der Waals surface area contributed by atoms with Crippen molar-refractivity contribution in [1.82, 2.24) is 0 Å². The second-order valence-corrected chi connectivity index (χ2v) is 18.0. The standard InChI is InChI=1S/C28H27F3N2O5.C28H51N3/c29-28(30,31)15-3-16-36-25-5-2-1-4-23(25)27(35)38-22-11-6-19(7-12-22)8-13-26(34)37-17-14-20-9-10-21(32)18-24(20)33;1-3-4-5-6-7-8-9-10-11-12-13-14-15-16-17-18-19-24(2)20-28(31)25-21-26(29)23-27(30)22-25/h1-2,4-13,18H,3,14-17,32-33H2;21-24,31H,3-20,29-30H2,1-2H3. The average molecular weight is 958 g/mol. The number of nitrogens with one attached hydrogen (secondary N) is 1. The van der Waals surface area contributed by atoms with Crippen LogP contribution in [0.4, 0.5) is 35.9 Å². The highest BCUT2D eigenvalue weighted by Gasteiger charge is 2.26. The van der Waals surface area contributed by atoms with Crippen LogP contribution in [0.3, 0.4) is 0 Å². The Kier molecular flexibility index (Phi) is 27.2. The van der Waals surface area contributed by atoms with E-state index >= 15 is 0 Å². The number of unbranched alkanes of at least 4 members (excludes halogenated alkanes) is 15. The first-order valence-electron chi connectivity index (χ1n) is 25.0. The van der Waals surface area contributed by atoms with Crippen molar-refractivity contribution in [1.29, 1.82) is 5.41 Å². The zero-order chi connectivity index (χ0) is 50.3. The van der Waals surface area contributed by atoms with Crippen LogP contribution in [-0.4, -0.2) is 37.0 Å². The zero-order valence-electron chi connectivity index (χ0n) is 41.1. The summed E-state index contributed by atoms with van der Waals surface area (Å²) in [4.78, 5) is 24.6. The van der Waals surface area contributed by atoms with Gasteiger partial charge in [-0.2, -0.15) is 13.2 Å². The second-order valence-electron chi connectivity index (χ2n) is 18.0. The third-order valence-corrected chi connectivity index (χ3v) is 11.7. The number of halogens is 3. The molecule has 1 unspecified atom stereocenters. The monoisotopic (exact) mass is 958 g/mol. The lowest BCUT2D eigenvalue weighted by atomic mass is 9.93. The van der Waals surface area contributed by atoms with Gasteiger partial charge in [0.25, 0.3) is 0 Å². The van der Waals surface area contributed by atoms with E-state index in [1.807, 2.05) is 12.1 Å². The van der Waals surface area contributed by atoms with E-state index in [0.717, 1.165) is 17.5 Å². The molecule has 4 rings (SSSR count). The molecule has 378 valence electrons. The number of carbonyl (C=O) groups is 2. The summed E-state index contributed by atoms with van der Waals surface area (Å²) in [6.45, 7) is 4.51. The van der Waals surface area contributed by atoms with E-state index in [9.17, 15) is 22.8 Å². The highest BCUT2D eigenvalue weighted by molar-refractivity contribution is 6.00. The smallest absolute Gasteiger partial charge is 0.389 e. The molecule has 69 heavy (non-hydrogen) atoms. The van der Waals surface area contributed by atoms with Gasteiger partial charge in [0.15, 0.2) is 0 Å². The van der Waals surface area contributed by atoms with E-state index in [2.05, 4.69) is 13.8 Å². The maximum absolute atomic E-state index is 12.6. The maximum Gasteiger partial charge on any atom is 0.389 e. The van der Waals surface area contributed by atoms with Crippen molar-refractivity contribution in [3.63, 3.8) is 0 Å². The first kappa shape index (κ1) is 57.3. The van der Waals surface area contributed by atoms with E-state index in [0.29, 0.717) is 46.4 Å². The molecule has 13 heteroatoms. The first-order chi connectivity index (χ1) is 33.1. The fraction of sp³-hybridized carbons (Fsp3) is 0.482. The summed E-state index contributed by atoms with van der Waals surface area (Å²) in [5.74, 6) is -0.326. The molecule has 0 spiro atoms.